The lowest BCUT2D eigenvalue weighted by molar-refractivity contribution is -0.114. The quantitative estimate of drug-likeness (QED) is 0.289. The molecule has 0 saturated heterocycles. The summed E-state index contributed by atoms with van der Waals surface area (Å²) >= 11 is 0. The van der Waals surface area contributed by atoms with Crippen molar-refractivity contribution in [2.24, 2.45) is 0 Å². The zero-order chi connectivity index (χ0) is 26.0. The van der Waals surface area contributed by atoms with Gasteiger partial charge in [-0.3, -0.25) is 14.4 Å². The Bertz CT molecular complexity index is 1340. The number of benzene rings is 3. The van der Waals surface area contributed by atoms with Gasteiger partial charge < -0.3 is 25.3 Å². The maximum Gasteiger partial charge on any atom is 0.258 e. The number of furan rings is 1. The molecular weight excluding hydrogens is 468 g/mol. The molecule has 8 heteroatoms. The molecule has 3 amide bonds. The largest absolute Gasteiger partial charge is 0.467 e. The summed E-state index contributed by atoms with van der Waals surface area (Å²) in [5.74, 6) is 0.0520. The highest BCUT2D eigenvalue weighted by molar-refractivity contribution is 6.06. The van der Waals surface area contributed by atoms with Gasteiger partial charge in [-0.15, -0.1) is 0 Å². The molecule has 4 rings (SSSR count). The van der Waals surface area contributed by atoms with Crippen molar-refractivity contribution in [1.29, 1.82) is 0 Å². The number of nitrogens with one attached hydrogen (secondary N) is 3. The molecule has 0 aliphatic heterocycles. The zero-order valence-corrected chi connectivity index (χ0v) is 20.4. The summed E-state index contributed by atoms with van der Waals surface area (Å²) in [5.41, 5.74) is 3.05. The van der Waals surface area contributed by atoms with E-state index in [1.165, 1.54) is 0 Å². The Morgan fingerprint density at radius 2 is 1.59 bits per heavy atom. The van der Waals surface area contributed by atoms with Crippen molar-refractivity contribution < 1.29 is 18.8 Å². The van der Waals surface area contributed by atoms with Crippen molar-refractivity contribution in [1.82, 2.24) is 5.32 Å². The summed E-state index contributed by atoms with van der Waals surface area (Å²) in [7, 11) is 0. The molecule has 0 aliphatic rings. The molecule has 0 radical (unpaired) electrons. The van der Waals surface area contributed by atoms with Gasteiger partial charge in [0, 0.05) is 34.7 Å². The summed E-state index contributed by atoms with van der Waals surface area (Å²) in [6.45, 7) is 2.77. The number of nitrogens with zero attached hydrogens (tertiary/aromatic N) is 1. The average Bonchev–Trinajstić information content (AvgIpc) is 3.46. The van der Waals surface area contributed by atoms with Crippen LogP contribution in [0.2, 0.25) is 0 Å². The van der Waals surface area contributed by atoms with E-state index < -0.39 is 0 Å². The van der Waals surface area contributed by atoms with Crippen LogP contribution in [0.5, 0.6) is 0 Å². The first-order valence-corrected chi connectivity index (χ1v) is 11.9. The van der Waals surface area contributed by atoms with E-state index in [1.54, 1.807) is 71.8 Å². The number of carbonyl (C=O) groups excluding carboxylic acids is 3. The van der Waals surface area contributed by atoms with Crippen molar-refractivity contribution >= 4 is 34.8 Å². The molecule has 0 saturated carbocycles. The van der Waals surface area contributed by atoms with Gasteiger partial charge in [-0.25, -0.2) is 0 Å². The minimum atomic E-state index is -0.258. The molecule has 0 atom stereocenters. The molecule has 4 aromatic rings. The lowest BCUT2D eigenvalue weighted by Gasteiger charge is -2.21. The summed E-state index contributed by atoms with van der Waals surface area (Å²) in [6.07, 6.45) is 1.55. The highest BCUT2D eigenvalue weighted by Crippen LogP contribution is 2.18. The SMILES string of the molecule is CCN(C(=O)c1ccc(NC(=O)CNc2cccc(C(=O)NCc3ccco3)c2)cc1)c1ccccc1. The normalized spacial score (nSPS) is 10.4. The van der Waals surface area contributed by atoms with Crippen LogP contribution in [0, 0.1) is 0 Å². The molecule has 8 nitrogen and oxygen atoms in total. The molecule has 0 bridgehead atoms. The molecule has 3 N–H and O–H groups in total. The number of rotatable bonds is 10. The third kappa shape index (κ3) is 6.85. The molecule has 37 heavy (non-hydrogen) atoms. The van der Waals surface area contributed by atoms with Crippen LogP contribution in [0.4, 0.5) is 17.1 Å². The maximum absolute atomic E-state index is 12.9. The fourth-order valence-electron chi connectivity index (χ4n) is 3.74. The highest BCUT2D eigenvalue weighted by Gasteiger charge is 2.16. The molecular formula is C29H28N4O4. The molecule has 0 spiro atoms. The van der Waals surface area contributed by atoms with Gasteiger partial charge in [0.1, 0.15) is 5.76 Å². The van der Waals surface area contributed by atoms with Crippen molar-refractivity contribution in [2.75, 3.05) is 28.6 Å². The van der Waals surface area contributed by atoms with Crippen LogP contribution < -0.4 is 20.9 Å². The summed E-state index contributed by atoms with van der Waals surface area (Å²) in [4.78, 5) is 39.5. The first-order valence-electron chi connectivity index (χ1n) is 11.9. The van der Waals surface area contributed by atoms with Crippen LogP contribution >= 0.6 is 0 Å². The predicted octanol–water partition coefficient (Wildman–Crippen LogP) is 4.93. The number of amides is 3. The van der Waals surface area contributed by atoms with E-state index in [-0.39, 0.29) is 24.3 Å². The molecule has 0 unspecified atom stereocenters. The standard InChI is InChI=1S/C29H28N4O4/c1-2-33(25-10-4-3-5-11-25)29(36)21-13-15-23(16-14-21)32-27(34)20-30-24-9-6-8-22(18-24)28(35)31-19-26-12-7-17-37-26/h3-18,30H,2,19-20H2,1H3,(H,31,35)(H,32,34). The molecule has 1 aromatic heterocycles. The van der Waals surface area contributed by atoms with E-state index in [9.17, 15) is 14.4 Å². The fourth-order valence-corrected chi connectivity index (χ4v) is 3.74. The smallest absolute Gasteiger partial charge is 0.258 e. The summed E-state index contributed by atoms with van der Waals surface area (Å²) < 4.78 is 5.22. The van der Waals surface area contributed by atoms with Crippen LogP contribution in [0.25, 0.3) is 0 Å². The van der Waals surface area contributed by atoms with Gasteiger partial charge in [-0.05, 0) is 73.7 Å². The number of anilines is 3. The molecule has 3 aromatic carbocycles. The van der Waals surface area contributed by atoms with E-state index in [0.29, 0.717) is 41.4 Å². The minimum Gasteiger partial charge on any atom is -0.467 e. The maximum atomic E-state index is 12.9. The van der Waals surface area contributed by atoms with Crippen LogP contribution in [0.1, 0.15) is 33.4 Å². The van der Waals surface area contributed by atoms with Crippen molar-refractivity contribution in [3.05, 3.63) is 114 Å². The summed E-state index contributed by atoms with van der Waals surface area (Å²) in [6, 6.07) is 26.7. The van der Waals surface area contributed by atoms with Gasteiger partial charge >= 0.3 is 0 Å². The minimum absolute atomic E-state index is 0.00969. The van der Waals surface area contributed by atoms with Crippen LogP contribution in [0.15, 0.2) is 102 Å². The Balaban J connectivity index is 1.29. The van der Waals surface area contributed by atoms with Gasteiger partial charge in [0.2, 0.25) is 5.91 Å². The van der Waals surface area contributed by atoms with E-state index in [0.717, 1.165) is 5.69 Å². The molecule has 0 fully saturated rings. The average molecular weight is 497 g/mol. The van der Waals surface area contributed by atoms with Gasteiger partial charge in [0.15, 0.2) is 0 Å². The third-order valence-electron chi connectivity index (χ3n) is 5.63. The van der Waals surface area contributed by atoms with Crippen LogP contribution in [-0.2, 0) is 11.3 Å². The summed E-state index contributed by atoms with van der Waals surface area (Å²) in [5, 5.41) is 8.63. The monoisotopic (exact) mass is 496 g/mol. The third-order valence-corrected chi connectivity index (χ3v) is 5.63. The Morgan fingerprint density at radius 1 is 0.811 bits per heavy atom. The van der Waals surface area contributed by atoms with Gasteiger partial charge in [0.25, 0.3) is 11.8 Å². The Hall–Kier alpha value is -4.85. The predicted molar refractivity (Wildman–Crippen MR) is 144 cm³/mol. The first-order chi connectivity index (χ1) is 18.0. The number of hydrogen-bond acceptors (Lipinski definition) is 5. The van der Waals surface area contributed by atoms with Crippen LogP contribution in [-0.4, -0.2) is 30.8 Å². The second kappa shape index (κ2) is 12.2. The van der Waals surface area contributed by atoms with Gasteiger partial charge in [-0.2, -0.15) is 0 Å². The topological polar surface area (TPSA) is 104 Å². The zero-order valence-electron chi connectivity index (χ0n) is 20.4. The highest BCUT2D eigenvalue weighted by atomic mass is 16.3. The van der Waals surface area contributed by atoms with Crippen molar-refractivity contribution in [3.63, 3.8) is 0 Å². The van der Waals surface area contributed by atoms with E-state index in [1.807, 2.05) is 37.3 Å². The molecule has 0 aliphatic carbocycles. The van der Waals surface area contributed by atoms with Crippen molar-refractivity contribution in [2.45, 2.75) is 13.5 Å². The second-order valence-electron chi connectivity index (χ2n) is 8.21. The lowest BCUT2D eigenvalue weighted by atomic mass is 10.1. The van der Waals surface area contributed by atoms with E-state index in [2.05, 4.69) is 16.0 Å². The van der Waals surface area contributed by atoms with Gasteiger partial charge in [0.05, 0.1) is 19.4 Å². The molecule has 1 heterocycles. The fraction of sp³-hybridized carbons (Fsp3) is 0.138. The van der Waals surface area contributed by atoms with E-state index in [4.69, 9.17) is 4.42 Å². The first kappa shape index (κ1) is 25.2. The number of para-hydroxylation sites is 1. The van der Waals surface area contributed by atoms with Gasteiger partial charge in [-0.1, -0.05) is 24.3 Å². The molecule has 188 valence electrons. The lowest BCUT2D eigenvalue weighted by Crippen LogP contribution is -2.30. The van der Waals surface area contributed by atoms with E-state index >= 15 is 0 Å². The van der Waals surface area contributed by atoms with Crippen LogP contribution in [0.3, 0.4) is 0 Å². The van der Waals surface area contributed by atoms with Crippen molar-refractivity contribution in [3.8, 4) is 0 Å². The number of carbonyl (C=O) groups is 3. The second-order valence-corrected chi connectivity index (χ2v) is 8.21. The Labute approximate surface area is 215 Å². The Kier molecular flexibility index (Phi) is 8.33. The number of hydrogen-bond donors (Lipinski definition) is 3. The Morgan fingerprint density at radius 3 is 2.30 bits per heavy atom.